The SMILES string of the molecule is Nc1ccc(OC2=CC=C(Oc3ccc(N)cc3)CC2)cc1. The molecule has 22 heavy (non-hydrogen) atoms. The number of anilines is 2. The molecule has 0 saturated carbocycles. The van der Waals surface area contributed by atoms with Gasteiger partial charge in [0, 0.05) is 24.2 Å². The van der Waals surface area contributed by atoms with E-state index in [2.05, 4.69) is 0 Å². The number of allylic oxidation sites excluding steroid dienone is 4. The molecule has 4 heteroatoms. The average Bonchev–Trinajstić information content (AvgIpc) is 2.54. The summed E-state index contributed by atoms with van der Waals surface area (Å²) >= 11 is 0. The Balaban J connectivity index is 1.63. The summed E-state index contributed by atoms with van der Waals surface area (Å²) in [5.41, 5.74) is 12.8. The van der Waals surface area contributed by atoms with Crippen LogP contribution in [0.2, 0.25) is 0 Å². The summed E-state index contributed by atoms with van der Waals surface area (Å²) in [4.78, 5) is 0. The van der Waals surface area contributed by atoms with Crippen molar-refractivity contribution in [2.45, 2.75) is 12.8 Å². The highest BCUT2D eigenvalue weighted by Crippen LogP contribution is 2.25. The molecule has 2 aromatic carbocycles. The van der Waals surface area contributed by atoms with Gasteiger partial charge in [0.1, 0.15) is 23.0 Å². The summed E-state index contributed by atoms with van der Waals surface area (Å²) < 4.78 is 11.6. The number of nitrogen functional groups attached to an aromatic ring is 2. The van der Waals surface area contributed by atoms with Crippen LogP contribution >= 0.6 is 0 Å². The van der Waals surface area contributed by atoms with Crippen LogP contribution in [0.25, 0.3) is 0 Å². The molecule has 0 fully saturated rings. The normalized spacial score (nSPS) is 14.0. The van der Waals surface area contributed by atoms with E-state index in [1.54, 1.807) is 0 Å². The zero-order valence-corrected chi connectivity index (χ0v) is 12.2. The van der Waals surface area contributed by atoms with Crippen molar-refractivity contribution in [2.24, 2.45) is 0 Å². The fourth-order valence-electron chi connectivity index (χ4n) is 2.14. The second kappa shape index (κ2) is 6.26. The highest BCUT2D eigenvalue weighted by atomic mass is 16.5. The van der Waals surface area contributed by atoms with Crippen LogP contribution in [-0.2, 0) is 0 Å². The number of ether oxygens (including phenoxy) is 2. The standard InChI is InChI=1S/C18H18N2O2/c19-13-1-5-15(6-2-13)21-17-9-11-18(12-10-17)22-16-7-3-14(20)4-8-16/h1-9,11H,10,12,19-20H2. The van der Waals surface area contributed by atoms with Crippen LogP contribution in [0.15, 0.2) is 72.2 Å². The molecule has 0 radical (unpaired) electrons. The molecule has 0 amide bonds. The molecule has 4 N–H and O–H groups in total. The monoisotopic (exact) mass is 294 g/mol. The largest absolute Gasteiger partial charge is 0.462 e. The molecular weight excluding hydrogens is 276 g/mol. The summed E-state index contributed by atoms with van der Waals surface area (Å²) in [6.45, 7) is 0. The summed E-state index contributed by atoms with van der Waals surface area (Å²) in [6.07, 6.45) is 5.47. The molecule has 1 aliphatic rings. The molecule has 3 rings (SSSR count). The fraction of sp³-hybridized carbons (Fsp3) is 0.111. The summed E-state index contributed by atoms with van der Waals surface area (Å²) in [6, 6.07) is 14.7. The number of benzene rings is 2. The van der Waals surface area contributed by atoms with Gasteiger partial charge >= 0.3 is 0 Å². The third-order valence-corrected chi connectivity index (χ3v) is 3.33. The van der Waals surface area contributed by atoms with E-state index in [0.717, 1.165) is 47.2 Å². The van der Waals surface area contributed by atoms with Gasteiger partial charge in [-0.25, -0.2) is 0 Å². The lowest BCUT2D eigenvalue weighted by Gasteiger charge is -2.16. The maximum Gasteiger partial charge on any atom is 0.127 e. The zero-order chi connectivity index (χ0) is 15.4. The highest BCUT2D eigenvalue weighted by molar-refractivity contribution is 5.43. The highest BCUT2D eigenvalue weighted by Gasteiger charge is 2.10. The van der Waals surface area contributed by atoms with Crippen molar-refractivity contribution in [1.29, 1.82) is 0 Å². The average molecular weight is 294 g/mol. The van der Waals surface area contributed by atoms with E-state index in [0.29, 0.717) is 0 Å². The molecule has 0 bridgehead atoms. The van der Waals surface area contributed by atoms with E-state index < -0.39 is 0 Å². The Kier molecular flexibility index (Phi) is 4.01. The van der Waals surface area contributed by atoms with Crippen LogP contribution in [0.4, 0.5) is 11.4 Å². The molecule has 0 aromatic heterocycles. The predicted octanol–water partition coefficient (Wildman–Crippen LogP) is 3.87. The summed E-state index contributed by atoms with van der Waals surface area (Å²) in [5, 5.41) is 0. The number of hydrogen-bond acceptors (Lipinski definition) is 4. The van der Waals surface area contributed by atoms with Crippen LogP contribution < -0.4 is 20.9 Å². The molecule has 0 unspecified atom stereocenters. The predicted molar refractivity (Wildman–Crippen MR) is 88.4 cm³/mol. The van der Waals surface area contributed by atoms with Gasteiger partial charge in [-0.3, -0.25) is 0 Å². The van der Waals surface area contributed by atoms with Crippen molar-refractivity contribution in [1.82, 2.24) is 0 Å². The van der Waals surface area contributed by atoms with E-state index in [1.165, 1.54) is 0 Å². The molecule has 0 saturated heterocycles. The lowest BCUT2D eigenvalue weighted by Crippen LogP contribution is -2.04. The van der Waals surface area contributed by atoms with Gasteiger partial charge in [-0.15, -0.1) is 0 Å². The minimum atomic E-state index is 0.726. The summed E-state index contributed by atoms with van der Waals surface area (Å²) in [7, 11) is 0. The first kappa shape index (κ1) is 14.1. The molecule has 2 aromatic rings. The molecule has 4 nitrogen and oxygen atoms in total. The maximum absolute atomic E-state index is 5.81. The van der Waals surface area contributed by atoms with E-state index in [4.69, 9.17) is 20.9 Å². The Morgan fingerprint density at radius 2 is 0.955 bits per heavy atom. The Labute approximate surface area is 129 Å². The lowest BCUT2D eigenvalue weighted by molar-refractivity contribution is 0.361. The second-order valence-corrected chi connectivity index (χ2v) is 5.11. The van der Waals surface area contributed by atoms with Crippen LogP contribution in [0, 0.1) is 0 Å². The molecule has 112 valence electrons. The first-order valence-corrected chi connectivity index (χ1v) is 7.15. The minimum absolute atomic E-state index is 0.726. The second-order valence-electron chi connectivity index (χ2n) is 5.11. The van der Waals surface area contributed by atoms with E-state index in [-0.39, 0.29) is 0 Å². The topological polar surface area (TPSA) is 70.5 Å². The van der Waals surface area contributed by atoms with Gasteiger partial charge in [0.05, 0.1) is 0 Å². The van der Waals surface area contributed by atoms with Crippen LogP contribution in [0.5, 0.6) is 11.5 Å². The molecule has 0 aliphatic heterocycles. The van der Waals surface area contributed by atoms with Crippen molar-refractivity contribution >= 4 is 11.4 Å². The Morgan fingerprint density at radius 3 is 1.27 bits per heavy atom. The smallest absolute Gasteiger partial charge is 0.127 e. The van der Waals surface area contributed by atoms with Crippen molar-refractivity contribution in [3.63, 3.8) is 0 Å². The van der Waals surface area contributed by atoms with Crippen molar-refractivity contribution in [3.05, 3.63) is 72.2 Å². The number of nitrogens with two attached hydrogens (primary N) is 2. The Bertz CT molecular complexity index is 637. The first-order valence-electron chi connectivity index (χ1n) is 7.15. The van der Waals surface area contributed by atoms with Crippen LogP contribution in [-0.4, -0.2) is 0 Å². The number of hydrogen-bond donors (Lipinski definition) is 2. The van der Waals surface area contributed by atoms with E-state index >= 15 is 0 Å². The quantitative estimate of drug-likeness (QED) is 0.840. The van der Waals surface area contributed by atoms with Gasteiger partial charge in [-0.2, -0.15) is 0 Å². The van der Waals surface area contributed by atoms with Gasteiger partial charge in [-0.1, -0.05) is 0 Å². The van der Waals surface area contributed by atoms with Crippen molar-refractivity contribution in [3.8, 4) is 11.5 Å². The summed E-state index contributed by atoms with van der Waals surface area (Å²) in [5.74, 6) is 3.40. The Morgan fingerprint density at radius 1 is 0.591 bits per heavy atom. The van der Waals surface area contributed by atoms with Crippen molar-refractivity contribution < 1.29 is 9.47 Å². The molecular formula is C18H18N2O2. The lowest BCUT2D eigenvalue weighted by atomic mass is 10.1. The maximum atomic E-state index is 5.81. The van der Waals surface area contributed by atoms with E-state index in [1.807, 2.05) is 60.7 Å². The van der Waals surface area contributed by atoms with Crippen LogP contribution in [0.3, 0.4) is 0 Å². The van der Waals surface area contributed by atoms with Gasteiger partial charge in [0.25, 0.3) is 0 Å². The Hall–Kier alpha value is -2.88. The van der Waals surface area contributed by atoms with Gasteiger partial charge in [-0.05, 0) is 60.7 Å². The van der Waals surface area contributed by atoms with Gasteiger partial charge in [0.2, 0.25) is 0 Å². The molecule has 0 spiro atoms. The zero-order valence-electron chi connectivity index (χ0n) is 12.2. The van der Waals surface area contributed by atoms with Gasteiger partial charge in [0.15, 0.2) is 0 Å². The molecule has 1 aliphatic carbocycles. The molecule has 0 heterocycles. The number of rotatable bonds is 4. The third-order valence-electron chi connectivity index (χ3n) is 3.33. The van der Waals surface area contributed by atoms with Crippen LogP contribution in [0.1, 0.15) is 12.8 Å². The first-order chi connectivity index (χ1) is 10.7. The molecule has 0 atom stereocenters. The van der Waals surface area contributed by atoms with Crippen molar-refractivity contribution in [2.75, 3.05) is 11.5 Å². The van der Waals surface area contributed by atoms with Gasteiger partial charge < -0.3 is 20.9 Å². The third kappa shape index (κ3) is 3.61. The fourth-order valence-corrected chi connectivity index (χ4v) is 2.14. The minimum Gasteiger partial charge on any atom is -0.462 e. The van der Waals surface area contributed by atoms with E-state index in [9.17, 15) is 0 Å².